The van der Waals surface area contributed by atoms with E-state index < -0.39 is 11.8 Å². The van der Waals surface area contributed by atoms with Gasteiger partial charge < -0.3 is 19.1 Å². The quantitative estimate of drug-likeness (QED) is 0.517. The summed E-state index contributed by atoms with van der Waals surface area (Å²) in [4.78, 5) is 38.7. The van der Waals surface area contributed by atoms with Crippen LogP contribution in [0.3, 0.4) is 0 Å². The zero-order valence-electron chi connectivity index (χ0n) is 16.9. The fraction of sp³-hybridized carbons (Fsp3) is 0.273. The van der Waals surface area contributed by atoms with Crippen LogP contribution in [0.4, 0.5) is 0 Å². The molecule has 1 saturated heterocycles. The molecule has 0 radical (unpaired) electrons. The highest BCUT2D eigenvalue weighted by atomic mass is 16.5. The Hall–Kier alpha value is -3.72. The minimum atomic E-state index is -0.467. The van der Waals surface area contributed by atoms with Crippen molar-refractivity contribution in [3.8, 4) is 11.5 Å². The lowest BCUT2D eigenvalue weighted by Crippen LogP contribution is -2.43. The molecule has 9 nitrogen and oxygen atoms in total. The molecule has 2 aliphatic heterocycles. The van der Waals surface area contributed by atoms with Gasteiger partial charge in [0.05, 0.1) is 37.7 Å². The van der Waals surface area contributed by atoms with Gasteiger partial charge in [-0.25, -0.2) is 0 Å². The third-order valence-corrected chi connectivity index (χ3v) is 5.00. The van der Waals surface area contributed by atoms with Crippen LogP contribution in [0, 0.1) is 0 Å². The zero-order chi connectivity index (χ0) is 21.8. The predicted octanol–water partition coefficient (Wildman–Crippen LogP) is 1.56. The lowest BCUT2D eigenvalue weighted by Gasteiger charge is -2.26. The Labute approximate surface area is 178 Å². The summed E-state index contributed by atoms with van der Waals surface area (Å²) < 4.78 is 16.2. The number of morpholine rings is 1. The van der Waals surface area contributed by atoms with Crippen LogP contribution in [0.2, 0.25) is 0 Å². The van der Waals surface area contributed by atoms with Gasteiger partial charge in [-0.15, -0.1) is 0 Å². The molecule has 2 aromatic rings. The first kappa shape index (κ1) is 20.5. The monoisotopic (exact) mass is 423 g/mol. The van der Waals surface area contributed by atoms with Crippen LogP contribution >= 0.6 is 0 Å². The van der Waals surface area contributed by atoms with E-state index in [2.05, 4.69) is 5.10 Å². The number of carbonyl (C=O) groups excluding carboxylic acids is 3. The first-order valence-electron chi connectivity index (χ1n) is 9.76. The number of amides is 3. The van der Waals surface area contributed by atoms with Crippen LogP contribution in [-0.2, 0) is 9.53 Å². The Balaban J connectivity index is 1.43. The van der Waals surface area contributed by atoms with Crippen molar-refractivity contribution in [3.63, 3.8) is 0 Å². The minimum absolute atomic E-state index is 0.112. The molecule has 2 aliphatic rings. The molecule has 31 heavy (non-hydrogen) atoms. The number of benzene rings is 2. The van der Waals surface area contributed by atoms with Gasteiger partial charge in [0.25, 0.3) is 17.7 Å². The van der Waals surface area contributed by atoms with Crippen molar-refractivity contribution in [3.05, 3.63) is 59.2 Å². The normalized spacial score (nSPS) is 16.0. The van der Waals surface area contributed by atoms with E-state index in [1.807, 2.05) is 0 Å². The molecule has 0 atom stereocenters. The maximum atomic E-state index is 12.4. The Kier molecular flexibility index (Phi) is 5.94. The summed E-state index contributed by atoms with van der Waals surface area (Å²) in [5.41, 5.74) is 1.26. The summed E-state index contributed by atoms with van der Waals surface area (Å²) in [6.45, 7) is 2.03. The van der Waals surface area contributed by atoms with Gasteiger partial charge in [0, 0.05) is 13.1 Å². The Morgan fingerprint density at radius 1 is 1.06 bits per heavy atom. The third-order valence-electron chi connectivity index (χ3n) is 5.00. The van der Waals surface area contributed by atoms with E-state index in [1.54, 1.807) is 47.4 Å². The predicted molar refractivity (Wildman–Crippen MR) is 110 cm³/mol. The zero-order valence-corrected chi connectivity index (χ0v) is 16.9. The van der Waals surface area contributed by atoms with E-state index >= 15 is 0 Å². The molecule has 0 saturated carbocycles. The van der Waals surface area contributed by atoms with Crippen LogP contribution < -0.4 is 9.47 Å². The largest absolute Gasteiger partial charge is 0.493 e. The minimum Gasteiger partial charge on any atom is -0.493 e. The number of nitrogens with zero attached hydrogens (tertiary/aromatic N) is 3. The van der Waals surface area contributed by atoms with Gasteiger partial charge in [-0.1, -0.05) is 12.1 Å². The SMILES string of the molecule is COc1cc(C=NN2C(=O)c3ccccc3C2=O)ccc1OCC(=O)N1CCOCC1. The van der Waals surface area contributed by atoms with Crippen molar-refractivity contribution >= 4 is 23.9 Å². The van der Waals surface area contributed by atoms with E-state index in [9.17, 15) is 14.4 Å². The van der Waals surface area contributed by atoms with E-state index in [-0.39, 0.29) is 12.5 Å². The van der Waals surface area contributed by atoms with E-state index in [0.717, 1.165) is 5.01 Å². The maximum Gasteiger partial charge on any atom is 0.282 e. The summed E-state index contributed by atoms with van der Waals surface area (Å²) in [5, 5.41) is 4.89. The topological polar surface area (TPSA) is 97.7 Å². The van der Waals surface area contributed by atoms with E-state index in [1.165, 1.54) is 13.3 Å². The lowest BCUT2D eigenvalue weighted by atomic mass is 10.1. The molecular formula is C22H21N3O6. The fourth-order valence-corrected chi connectivity index (χ4v) is 3.33. The molecule has 1 fully saturated rings. The number of hydrogen-bond donors (Lipinski definition) is 0. The lowest BCUT2D eigenvalue weighted by molar-refractivity contribution is -0.137. The van der Waals surface area contributed by atoms with Crippen molar-refractivity contribution in [2.75, 3.05) is 40.0 Å². The summed E-state index contributed by atoms with van der Waals surface area (Å²) in [7, 11) is 1.48. The van der Waals surface area contributed by atoms with Crippen molar-refractivity contribution in [1.29, 1.82) is 0 Å². The van der Waals surface area contributed by atoms with Gasteiger partial charge in [0.1, 0.15) is 0 Å². The Morgan fingerprint density at radius 3 is 2.39 bits per heavy atom. The van der Waals surface area contributed by atoms with Crippen LogP contribution in [0.25, 0.3) is 0 Å². The molecule has 0 N–H and O–H groups in total. The second-order valence-corrected chi connectivity index (χ2v) is 6.90. The van der Waals surface area contributed by atoms with Gasteiger partial charge in [-0.3, -0.25) is 14.4 Å². The first-order valence-corrected chi connectivity index (χ1v) is 9.76. The van der Waals surface area contributed by atoms with Crippen LogP contribution in [-0.4, -0.2) is 73.9 Å². The summed E-state index contributed by atoms with van der Waals surface area (Å²) >= 11 is 0. The molecular weight excluding hydrogens is 402 g/mol. The number of hydrazone groups is 1. The fourth-order valence-electron chi connectivity index (χ4n) is 3.33. The molecule has 2 aromatic carbocycles. The molecule has 2 heterocycles. The Morgan fingerprint density at radius 2 is 1.74 bits per heavy atom. The molecule has 0 bridgehead atoms. The molecule has 0 spiro atoms. The van der Waals surface area contributed by atoms with E-state index in [4.69, 9.17) is 14.2 Å². The van der Waals surface area contributed by atoms with Crippen LogP contribution in [0.15, 0.2) is 47.6 Å². The van der Waals surface area contributed by atoms with Gasteiger partial charge in [0.15, 0.2) is 18.1 Å². The summed E-state index contributed by atoms with van der Waals surface area (Å²) in [6, 6.07) is 11.6. The van der Waals surface area contributed by atoms with Gasteiger partial charge in [-0.2, -0.15) is 10.1 Å². The Bertz CT molecular complexity index is 1010. The smallest absolute Gasteiger partial charge is 0.282 e. The number of carbonyl (C=O) groups is 3. The van der Waals surface area contributed by atoms with Crippen molar-refractivity contribution in [1.82, 2.24) is 9.91 Å². The number of ether oxygens (including phenoxy) is 3. The standard InChI is InChI=1S/C22H21N3O6/c1-29-19-12-15(6-7-18(19)31-14-20(26)24-8-10-30-11-9-24)13-23-25-21(27)16-4-2-3-5-17(16)22(25)28/h2-7,12-13H,8-11,14H2,1H3. The molecule has 3 amide bonds. The van der Waals surface area contributed by atoms with Crippen molar-refractivity contribution in [2.24, 2.45) is 5.10 Å². The van der Waals surface area contributed by atoms with Crippen molar-refractivity contribution < 1.29 is 28.6 Å². The molecule has 0 aliphatic carbocycles. The number of imide groups is 1. The number of rotatable bonds is 6. The van der Waals surface area contributed by atoms with E-state index in [0.29, 0.717) is 54.5 Å². The van der Waals surface area contributed by atoms with Gasteiger partial charge in [0.2, 0.25) is 0 Å². The maximum absolute atomic E-state index is 12.4. The summed E-state index contributed by atoms with van der Waals surface area (Å²) in [6.07, 6.45) is 1.40. The summed E-state index contributed by atoms with van der Waals surface area (Å²) in [5.74, 6) is -0.250. The first-order chi connectivity index (χ1) is 15.1. The molecule has 160 valence electrons. The number of hydrogen-bond acceptors (Lipinski definition) is 7. The molecule has 4 rings (SSSR count). The highest BCUT2D eigenvalue weighted by molar-refractivity contribution is 6.21. The molecule has 0 unspecified atom stereocenters. The average molecular weight is 423 g/mol. The second-order valence-electron chi connectivity index (χ2n) is 6.90. The molecule has 9 heteroatoms. The van der Waals surface area contributed by atoms with Gasteiger partial charge in [-0.05, 0) is 35.9 Å². The number of methoxy groups -OCH3 is 1. The third kappa shape index (κ3) is 4.26. The average Bonchev–Trinajstić information content (AvgIpc) is 3.06. The molecule has 0 aromatic heterocycles. The highest BCUT2D eigenvalue weighted by Crippen LogP contribution is 2.28. The highest BCUT2D eigenvalue weighted by Gasteiger charge is 2.35. The van der Waals surface area contributed by atoms with Crippen LogP contribution in [0.5, 0.6) is 11.5 Å². The second kappa shape index (κ2) is 8.97. The van der Waals surface area contributed by atoms with Gasteiger partial charge >= 0.3 is 0 Å². The number of fused-ring (bicyclic) bond motifs is 1. The van der Waals surface area contributed by atoms with Crippen LogP contribution in [0.1, 0.15) is 26.3 Å². The van der Waals surface area contributed by atoms with Crippen molar-refractivity contribution in [2.45, 2.75) is 0 Å².